The number of nitrogens with zero attached hydrogens (tertiary/aromatic N) is 2. The van der Waals surface area contributed by atoms with E-state index in [1.165, 1.54) is 17.8 Å². The number of rotatable bonds is 3. The molecule has 0 amide bonds. The Kier molecular flexibility index (Phi) is 4.90. The fourth-order valence-corrected chi connectivity index (χ4v) is 2.15. The van der Waals surface area contributed by atoms with Crippen LogP contribution in [0.5, 0.6) is 0 Å². The van der Waals surface area contributed by atoms with Gasteiger partial charge >= 0.3 is 0 Å². The Balaban J connectivity index is 2.09. The molecule has 2 rings (SSSR count). The Bertz CT molecular complexity index is 608. The normalized spacial score (nSPS) is 9.79. The van der Waals surface area contributed by atoms with Crippen LogP contribution in [0.4, 0.5) is 4.39 Å². The van der Waals surface area contributed by atoms with E-state index in [1.807, 2.05) is 0 Å². The molecule has 3 nitrogen and oxygen atoms in total. The minimum Gasteiger partial charge on any atom is -0.384 e. The van der Waals surface area contributed by atoms with Gasteiger partial charge in [-0.2, -0.15) is 0 Å². The number of aliphatic hydroxyl groups is 1. The highest BCUT2D eigenvalue weighted by Crippen LogP contribution is 2.20. The van der Waals surface area contributed by atoms with Crippen molar-refractivity contribution in [1.82, 2.24) is 9.97 Å². The molecule has 19 heavy (non-hydrogen) atoms. The maximum Gasteiger partial charge on any atom is 0.187 e. The zero-order valence-electron chi connectivity index (χ0n) is 10.0. The van der Waals surface area contributed by atoms with Crippen LogP contribution in [-0.2, 0) is 5.75 Å². The van der Waals surface area contributed by atoms with Crippen molar-refractivity contribution in [2.45, 2.75) is 10.9 Å². The van der Waals surface area contributed by atoms with Crippen molar-refractivity contribution in [3.05, 3.63) is 53.6 Å². The number of aliphatic hydroxyl groups excluding tert-OH is 1. The molecule has 0 aliphatic carbocycles. The quantitative estimate of drug-likeness (QED) is 0.530. The molecule has 96 valence electrons. The monoisotopic (exact) mass is 274 g/mol. The third-order valence-corrected chi connectivity index (χ3v) is 3.19. The highest BCUT2D eigenvalue weighted by atomic mass is 32.2. The lowest BCUT2D eigenvalue weighted by atomic mass is 10.1. The van der Waals surface area contributed by atoms with Gasteiger partial charge in [-0.3, -0.25) is 0 Å². The van der Waals surface area contributed by atoms with Crippen molar-refractivity contribution in [1.29, 1.82) is 0 Å². The summed E-state index contributed by atoms with van der Waals surface area (Å²) in [4.78, 5) is 8.20. The third-order valence-electron chi connectivity index (χ3n) is 2.24. The second-order valence-electron chi connectivity index (χ2n) is 3.59. The Hall–Kier alpha value is -1.90. The van der Waals surface area contributed by atoms with Crippen molar-refractivity contribution >= 4 is 11.8 Å². The summed E-state index contributed by atoms with van der Waals surface area (Å²) in [6.07, 6.45) is 3.36. The second-order valence-corrected chi connectivity index (χ2v) is 4.54. The highest BCUT2D eigenvalue weighted by Gasteiger charge is 2.03. The number of hydrogen-bond acceptors (Lipinski definition) is 4. The predicted octanol–water partition coefficient (Wildman–Crippen LogP) is 2.25. The minimum atomic E-state index is -0.384. The summed E-state index contributed by atoms with van der Waals surface area (Å²) in [5.74, 6) is 5.28. The van der Waals surface area contributed by atoms with E-state index in [9.17, 15) is 4.39 Å². The smallest absolute Gasteiger partial charge is 0.187 e. The molecule has 1 heterocycles. The second kappa shape index (κ2) is 6.88. The van der Waals surface area contributed by atoms with E-state index in [0.29, 0.717) is 16.5 Å². The van der Waals surface area contributed by atoms with Crippen molar-refractivity contribution in [2.24, 2.45) is 0 Å². The molecule has 0 atom stereocenters. The van der Waals surface area contributed by atoms with E-state index in [1.54, 1.807) is 30.6 Å². The maximum atomic E-state index is 13.4. The standard InChI is InChI=1S/C14H11FN2OS/c15-13-5-4-11(9-12(13)3-1-8-18)10-19-14-16-6-2-7-17-14/h2,4-7,9,18H,8,10H2. The van der Waals surface area contributed by atoms with E-state index < -0.39 is 0 Å². The van der Waals surface area contributed by atoms with Gasteiger partial charge in [-0.25, -0.2) is 14.4 Å². The zero-order chi connectivity index (χ0) is 13.5. The molecule has 1 N–H and O–H groups in total. The average Bonchev–Trinajstić information content (AvgIpc) is 2.46. The number of aromatic nitrogens is 2. The molecule has 0 aliphatic rings. The van der Waals surface area contributed by atoms with E-state index in [4.69, 9.17) is 5.11 Å². The number of thioether (sulfide) groups is 1. The molecule has 5 heteroatoms. The Labute approximate surface area is 114 Å². The first kappa shape index (κ1) is 13.5. The largest absolute Gasteiger partial charge is 0.384 e. The first-order chi connectivity index (χ1) is 9.29. The van der Waals surface area contributed by atoms with Crippen LogP contribution in [0.1, 0.15) is 11.1 Å². The summed E-state index contributed by atoms with van der Waals surface area (Å²) in [6, 6.07) is 6.51. The van der Waals surface area contributed by atoms with Crippen LogP contribution in [0.25, 0.3) is 0 Å². The maximum absolute atomic E-state index is 13.4. The Morgan fingerprint density at radius 2 is 2.05 bits per heavy atom. The average molecular weight is 274 g/mol. The lowest BCUT2D eigenvalue weighted by molar-refractivity contribution is 0.350. The summed E-state index contributed by atoms with van der Waals surface area (Å²) in [5.41, 5.74) is 1.22. The van der Waals surface area contributed by atoms with Crippen LogP contribution in [0, 0.1) is 17.7 Å². The fourth-order valence-electron chi connectivity index (χ4n) is 1.40. The van der Waals surface area contributed by atoms with Gasteiger partial charge in [-0.15, -0.1) is 0 Å². The third kappa shape index (κ3) is 4.05. The van der Waals surface area contributed by atoms with Crippen LogP contribution < -0.4 is 0 Å². The number of hydrogen-bond donors (Lipinski definition) is 1. The van der Waals surface area contributed by atoms with Crippen LogP contribution in [0.2, 0.25) is 0 Å². The van der Waals surface area contributed by atoms with E-state index in [-0.39, 0.29) is 12.4 Å². The zero-order valence-corrected chi connectivity index (χ0v) is 10.8. The lowest BCUT2D eigenvalue weighted by Gasteiger charge is -2.02. The molecule has 1 aromatic heterocycles. The predicted molar refractivity (Wildman–Crippen MR) is 72.0 cm³/mol. The van der Waals surface area contributed by atoms with Gasteiger partial charge in [0.05, 0.1) is 5.56 Å². The Morgan fingerprint density at radius 1 is 1.26 bits per heavy atom. The molecule has 0 saturated heterocycles. The van der Waals surface area contributed by atoms with Gasteiger partial charge in [0.25, 0.3) is 0 Å². The summed E-state index contributed by atoms with van der Waals surface area (Å²) in [5, 5.41) is 9.30. The molecule has 1 aromatic carbocycles. The summed E-state index contributed by atoms with van der Waals surface area (Å²) in [7, 11) is 0. The van der Waals surface area contributed by atoms with Gasteiger partial charge in [-0.05, 0) is 23.8 Å². The molecule has 0 saturated carbocycles. The molecular formula is C14H11FN2OS. The highest BCUT2D eigenvalue weighted by molar-refractivity contribution is 7.98. The van der Waals surface area contributed by atoms with Crippen molar-refractivity contribution in [2.75, 3.05) is 6.61 Å². The number of halogens is 1. The summed E-state index contributed by atoms with van der Waals surface area (Å²) < 4.78 is 13.4. The molecule has 0 bridgehead atoms. The molecule has 0 spiro atoms. The van der Waals surface area contributed by atoms with E-state index >= 15 is 0 Å². The lowest BCUT2D eigenvalue weighted by Crippen LogP contribution is -1.90. The van der Waals surface area contributed by atoms with E-state index in [2.05, 4.69) is 21.8 Å². The molecular weight excluding hydrogens is 263 g/mol. The van der Waals surface area contributed by atoms with Gasteiger partial charge in [0.15, 0.2) is 5.16 Å². The van der Waals surface area contributed by atoms with Crippen LogP contribution in [0.15, 0.2) is 41.8 Å². The van der Waals surface area contributed by atoms with Gasteiger partial charge < -0.3 is 5.11 Å². The van der Waals surface area contributed by atoms with Crippen molar-refractivity contribution in [3.8, 4) is 11.8 Å². The Morgan fingerprint density at radius 3 is 2.79 bits per heavy atom. The van der Waals surface area contributed by atoms with Crippen LogP contribution in [0.3, 0.4) is 0 Å². The molecule has 2 aromatic rings. The van der Waals surface area contributed by atoms with E-state index in [0.717, 1.165) is 5.56 Å². The summed E-state index contributed by atoms with van der Waals surface area (Å²) >= 11 is 1.47. The fraction of sp³-hybridized carbons (Fsp3) is 0.143. The topological polar surface area (TPSA) is 46.0 Å². The summed E-state index contributed by atoms with van der Waals surface area (Å²) in [6.45, 7) is -0.281. The van der Waals surface area contributed by atoms with Gasteiger partial charge in [-0.1, -0.05) is 29.7 Å². The minimum absolute atomic E-state index is 0.281. The SMILES string of the molecule is OCC#Cc1cc(CSc2ncccn2)ccc1F. The molecule has 0 aliphatic heterocycles. The number of benzene rings is 1. The molecule has 0 unspecified atom stereocenters. The van der Waals surface area contributed by atoms with Gasteiger partial charge in [0.1, 0.15) is 12.4 Å². The van der Waals surface area contributed by atoms with Crippen molar-refractivity contribution in [3.63, 3.8) is 0 Å². The van der Waals surface area contributed by atoms with Crippen LogP contribution >= 0.6 is 11.8 Å². The van der Waals surface area contributed by atoms with Gasteiger partial charge in [0.2, 0.25) is 0 Å². The first-order valence-electron chi connectivity index (χ1n) is 5.57. The molecule has 0 radical (unpaired) electrons. The first-order valence-corrected chi connectivity index (χ1v) is 6.56. The van der Waals surface area contributed by atoms with Crippen molar-refractivity contribution < 1.29 is 9.50 Å². The van der Waals surface area contributed by atoms with Crippen LogP contribution in [-0.4, -0.2) is 21.7 Å². The molecule has 0 fully saturated rings. The van der Waals surface area contributed by atoms with Gasteiger partial charge in [0, 0.05) is 18.1 Å².